The SMILES string of the molecule is C[C@H](C1=C2CCCCC1C2)C(N)C(=O)N[C@@H](CCCNC(N)=O)C(=O)N[C@@H](C=O)CCCCNC(C)(C)C. The Morgan fingerprint density at radius 1 is 1.03 bits per heavy atom. The summed E-state index contributed by atoms with van der Waals surface area (Å²) in [5.74, 6) is -0.381. The molecule has 5 atom stereocenters. The van der Waals surface area contributed by atoms with Crippen LogP contribution in [0.5, 0.6) is 0 Å². The zero-order valence-electron chi connectivity index (χ0n) is 23.7. The second-order valence-corrected chi connectivity index (χ2v) is 11.9. The van der Waals surface area contributed by atoms with E-state index in [0.717, 1.165) is 44.9 Å². The molecule has 0 saturated heterocycles. The van der Waals surface area contributed by atoms with Gasteiger partial charge in [-0.15, -0.1) is 0 Å². The van der Waals surface area contributed by atoms with Crippen LogP contribution in [0.3, 0.4) is 0 Å². The Balaban J connectivity index is 1.95. The standard InChI is InChI=1S/C28H50N6O4/c1-18(23-19-10-5-6-11-20(23)16-19)24(29)26(37)34-22(13-9-14-31-27(30)38)25(36)33-21(17-35)12-7-8-15-32-28(2,3)4/h17-19,21-22,24,32H,5-16,29H2,1-4H3,(H,33,36)(H,34,37)(H3,30,31,38)/t18-,19?,21-,22+,24?/m1/s1. The van der Waals surface area contributed by atoms with E-state index in [1.54, 1.807) is 0 Å². The van der Waals surface area contributed by atoms with Crippen molar-refractivity contribution in [3.63, 3.8) is 0 Å². The molecule has 4 amide bonds. The number of nitrogens with two attached hydrogens (primary N) is 2. The molecule has 3 aliphatic rings. The number of fused-ring (bicyclic) bond motifs is 3. The van der Waals surface area contributed by atoms with E-state index >= 15 is 0 Å². The fraction of sp³-hybridized carbons (Fsp3) is 0.786. The topological polar surface area (TPSA) is 168 Å². The quantitative estimate of drug-likeness (QED) is 0.101. The van der Waals surface area contributed by atoms with Crippen LogP contribution in [0, 0.1) is 11.8 Å². The van der Waals surface area contributed by atoms with Gasteiger partial charge in [0, 0.05) is 18.0 Å². The molecule has 0 radical (unpaired) electrons. The number of unbranched alkanes of at least 4 members (excludes halogenated alkanes) is 1. The minimum atomic E-state index is -0.873. The molecule has 0 aromatic carbocycles. The summed E-state index contributed by atoms with van der Waals surface area (Å²) in [5.41, 5.74) is 14.3. The summed E-state index contributed by atoms with van der Waals surface area (Å²) in [6.45, 7) is 9.38. The van der Waals surface area contributed by atoms with Crippen LogP contribution < -0.4 is 32.7 Å². The molecule has 10 heteroatoms. The van der Waals surface area contributed by atoms with Crippen molar-refractivity contribution >= 4 is 24.1 Å². The molecule has 0 aromatic heterocycles. The fourth-order valence-electron chi connectivity index (χ4n) is 5.49. The van der Waals surface area contributed by atoms with E-state index in [-0.39, 0.29) is 30.3 Å². The summed E-state index contributed by atoms with van der Waals surface area (Å²) in [6.07, 6.45) is 9.35. The van der Waals surface area contributed by atoms with Crippen LogP contribution in [0.25, 0.3) is 0 Å². The van der Waals surface area contributed by atoms with Crippen LogP contribution in [0.2, 0.25) is 0 Å². The van der Waals surface area contributed by atoms with Gasteiger partial charge in [0.2, 0.25) is 11.8 Å². The largest absolute Gasteiger partial charge is 0.352 e. The number of allylic oxidation sites excluding steroid dienone is 1. The van der Waals surface area contributed by atoms with Crippen molar-refractivity contribution in [3.05, 3.63) is 11.1 Å². The number of hydrogen-bond acceptors (Lipinski definition) is 6. The van der Waals surface area contributed by atoms with Gasteiger partial charge in [0.15, 0.2) is 0 Å². The molecule has 0 heterocycles. The zero-order chi connectivity index (χ0) is 28.3. The molecule has 3 rings (SSSR count). The first-order chi connectivity index (χ1) is 17.9. The van der Waals surface area contributed by atoms with Gasteiger partial charge in [0.25, 0.3) is 0 Å². The van der Waals surface area contributed by atoms with Crippen molar-refractivity contribution in [2.45, 2.75) is 116 Å². The number of carbonyl (C=O) groups excluding carboxylic acids is 4. The molecule has 0 aromatic rings. The summed E-state index contributed by atoms with van der Waals surface area (Å²) in [5, 5.41) is 11.5. The predicted octanol–water partition coefficient (Wildman–Crippen LogP) is 2.02. The van der Waals surface area contributed by atoms with Crippen molar-refractivity contribution in [2.75, 3.05) is 13.1 Å². The summed E-state index contributed by atoms with van der Waals surface area (Å²) in [6, 6.07) is -2.93. The molecule has 1 saturated carbocycles. The number of primary amides is 1. The van der Waals surface area contributed by atoms with E-state index < -0.39 is 30.1 Å². The van der Waals surface area contributed by atoms with E-state index in [1.165, 1.54) is 24.0 Å². The van der Waals surface area contributed by atoms with Crippen LogP contribution >= 0.6 is 0 Å². The maximum atomic E-state index is 13.2. The molecule has 38 heavy (non-hydrogen) atoms. The Labute approximate surface area is 227 Å². The minimum absolute atomic E-state index is 0.0270. The van der Waals surface area contributed by atoms with Crippen LogP contribution in [-0.4, -0.2) is 60.9 Å². The van der Waals surface area contributed by atoms with Crippen molar-refractivity contribution in [2.24, 2.45) is 23.3 Å². The Hall–Kier alpha value is -2.46. The molecule has 8 N–H and O–H groups in total. The maximum Gasteiger partial charge on any atom is 0.312 e. The molecule has 10 nitrogen and oxygen atoms in total. The van der Waals surface area contributed by atoms with E-state index in [1.807, 2.05) is 6.92 Å². The first kappa shape index (κ1) is 31.8. The molecular formula is C28H50N6O4. The molecule has 0 aliphatic heterocycles. The van der Waals surface area contributed by atoms with Gasteiger partial charge in [-0.05, 0) is 91.0 Å². The average molecular weight is 535 g/mol. The van der Waals surface area contributed by atoms with Crippen molar-refractivity contribution in [3.8, 4) is 0 Å². The number of hydrogen-bond donors (Lipinski definition) is 6. The minimum Gasteiger partial charge on any atom is -0.352 e. The number of urea groups is 1. The van der Waals surface area contributed by atoms with Crippen molar-refractivity contribution in [1.82, 2.24) is 21.3 Å². The first-order valence-corrected chi connectivity index (χ1v) is 14.2. The van der Waals surface area contributed by atoms with Crippen LogP contribution in [0.4, 0.5) is 4.79 Å². The van der Waals surface area contributed by atoms with Gasteiger partial charge >= 0.3 is 6.03 Å². The number of aldehydes is 1. The third-order valence-corrected chi connectivity index (χ3v) is 7.64. The molecule has 216 valence electrons. The predicted molar refractivity (Wildman–Crippen MR) is 149 cm³/mol. The zero-order valence-corrected chi connectivity index (χ0v) is 23.7. The van der Waals surface area contributed by atoms with Crippen LogP contribution in [0.1, 0.15) is 91.9 Å². The summed E-state index contributed by atoms with van der Waals surface area (Å²) in [4.78, 5) is 49.0. The Morgan fingerprint density at radius 3 is 2.42 bits per heavy atom. The molecule has 3 aliphatic carbocycles. The highest BCUT2D eigenvalue weighted by Crippen LogP contribution is 2.47. The number of nitrogens with one attached hydrogen (secondary N) is 4. The lowest BCUT2D eigenvalue weighted by Crippen LogP contribution is -2.55. The fourth-order valence-corrected chi connectivity index (χ4v) is 5.49. The number of carbonyl (C=O) groups is 4. The summed E-state index contributed by atoms with van der Waals surface area (Å²) >= 11 is 0. The molecule has 1 fully saturated rings. The van der Waals surface area contributed by atoms with Crippen molar-refractivity contribution < 1.29 is 19.2 Å². The van der Waals surface area contributed by atoms with Gasteiger partial charge in [-0.3, -0.25) is 9.59 Å². The van der Waals surface area contributed by atoms with Crippen LogP contribution in [0.15, 0.2) is 11.1 Å². The number of amides is 4. The van der Waals surface area contributed by atoms with Gasteiger partial charge < -0.3 is 37.5 Å². The summed E-state index contributed by atoms with van der Waals surface area (Å²) < 4.78 is 0. The lowest BCUT2D eigenvalue weighted by molar-refractivity contribution is -0.131. The monoisotopic (exact) mass is 534 g/mol. The highest BCUT2D eigenvalue weighted by Gasteiger charge is 2.38. The second-order valence-electron chi connectivity index (χ2n) is 11.9. The normalized spacial score (nSPS) is 20.3. The highest BCUT2D eigenvalue weighted by atomic mass is 16.2. The number of rotatable bonds is 16. The summed E-state index contributed by atoms with van der Waals surface area (Å²) in [7, 11) is 0. The smallest absolute Gasteiger partial charge is 0.312 e. The molecule has 2 bridgehead atoms. The average Bonchev–Trinajstić information content (AvgIpc) is 3.20. The van der Waals surface area contributed by atoms with E-state index in [2.05, 4.69) is 42.0 Å². The van der Waals surface area contributed by atoms with E-state index in [0.29, 0.717) is 18.8 Å². The lowest BCUT2D eigenvalue weighted by atomic mass is 9.69. The van der Waals surface area contributed by atoms with E-state index in [4.69, 9.17) is 11.5 Å². The molecule has 0 spiro atoms. The van der Waals surface area contributed by atoms with Gasteiger partial charge in [-0.2, -0.15) is 0 Å². The second kappa shape index (κ2) is 15.2. The van der Waals surface area contributed by atoms with Crippen molar-refractivity contribution in [1.29, 1.82) is 0 Å². The van der Waals surface area contributed by atoms with Gasteiger partial charge in [-0.1, -0.05) is 24.5 Å². The highest BCUT2D eigenvalue weighted by molar-refractivity contribution is 5.91. The molecule has 2 unspecified atom stereocenters. The maximum absolute atomic E-state index is 13.2. The van der Waals surface area contributed by atoms with Gasteiger partial charge in [0.1, 0.15) is 12.3 Å². The van der Waals surface area contributed by atoms with Crippen LogP contribution in [-0.2, 0) is 14.4 Å². The Morgan fingerprint density at radius 2 is 1.76 bits per heavy atom. The van der Waals surface area contributed by atoms with Gasteiger partial charge in [-0.25, -0.2) is 4.79 Å². The lowest BCUT2D eigenvalue weighted by Gasteiger charge is -2.38. The third-order valence-electron chi connectivity index (χ3n) is 7.64. The Kier molecular flexibility index (Phi) is 12.7. The Bertz CT molecular complexity index is 853. The third kappa shape index (κ3) is 10.4. The molecular weight excluding hydrogens is 484 g/mol. The van der Waals surface area contributed by atoms with Gasteiger partial charge in [0.05, 0.1) is 12.1 Å². The van der Waals surface area contributed by atoms with E-state index in [9.17, 15) is 19.2 Å². The first-order valence-electron chi connectivity index (χ1n) is 14.2.